The first-order chi connectivity index (χ1) is 11.5. The van der Waals surface area contributed by atoms with E-state index in [1.807, 2.05) is 24.3 Å². The minimum atomic E-state index is -0.942. The van der Waals surface area contributed by atoms with Gasteiger partial charge in [0.1, 0.15) is 0 Å². The van der Waals surface area contributed by atoms with Crippen molar-refractivity contribution in [2.45, 2.75) is 13.0 Å². The molecular formula is C16H14BrN3O4. The number of nitrogens with one attached hydrogen (secondary N) is 1. The monoisotopic (exact) mass is 391 g/mol. The van der Waals surface area contributed by atoms with Crippen LogP contribution in [0, 0.1) is 10.1 Å². The largest absolute Gasteiger partial charge is 0.474 e. The highest BCUT2D eigenvalue weighted by atomic mass is 79.9. The van der Waals surface area contributed by atoms with E-state index in [-0.39, 0.29) is 11.4 Å². The van der Waals surface area contributed by atoms with E-state index >= 15 is 0 Å². The van der Waals surface area contributed by atoms with Gasteiger partial charge in [-0.2, -0.15) is 5.10 Å². The van der Waals surface area contributed by atoms with Crippen LogP contribution in [-0.4, -0.2) is 23.1 Å². The second kappa shape index (κ2) is 8.21. The number of amides is 1. The Kier molecular flexibility index (Phi) is 6.02. The van der Waals surface area contributed by atoms with Crippen molar-refractivity contribution < 1.29 is 14.5 Å². The van der Waals surface area contributed by atoms with Crippen LogP contribution in [0.5, 0.6) is 5.75 Å². The smallest absolute Gasteiger partial charge is 0.310 e. The van der Waals surface area contributed by atoms with Crippen molar-refractivity contribution in [1.82, 2.24) is 5.43 Å². The second-order valence-electron chi connectivity index (χ2n) is 4.74. The van der Waals surface area contributed by atoms with Gasteiger partial charge in [0.2, 0.25) is 0 Å². The maximum Gasteiger partial charge on any atom is 0.310 e. The molecule has 8 heteroatoms. The molecule has 1 unspecified atom stereocenters. The third-order valence-electron chi connectivity index (χ3n) is 3.02. The Labute approximate surface area is 146 Å². The number of carbonyl (C=O) groups excluding carboxylic acids is 1. The molecule has 7 nitrogen and oxygen atoms in total. The molecular weight excluding hydrogens is 378 g/mol. The second-order valence-corrected chi connectivity index (χ2v) is 5.60. The van der Waals surface area contributed by atoms with Gasteiger partial charge in [-0.25, -0.2) is 5.43 Å². The minimum absolute atomic E-state index is 0.0277. The van der Waals surface area contributed by atoms with Gasteiger partial charge in [0.05, 0.1) is 11.1 Å². The maximum absolute atomic E-state index is 12.0. The van der Waals surface area contributed by atoms with Crippen molar-refractivity contribution in [3.8, 4) is 5.75 Å². The molecule has 1 N–H and O–H groups in total. The number of nitro benzene ring substituents is 1. The Morgan fingerprint density at radius 1 is 1.29 bits per heavy atom. The number of halogens is 1. The van der Waals surface area contributed by atoms with Gasteiger partial charge in [0.15, 0.2) is 11.9 Å². The Hall–Kier alpha value is -2.74. The predicted octanol–water partition coefficient (Wildman–Crippen LogP) is 3.27. The van der Waals surface area contributed by atoms with Gasteiger partial charge in [-0.05, 0) is 19.1 Å². The van der Waals surface area contributed by atoms with E-state index in [2.05, 4.69) is 26.5 Å². The van der Waals surface area contributed by atoms with Gasteiger partial charge >= 0.3 is 5.69 Å². The zero-order chi connectivity index (χ0) is 17.5. The summed E-state index contributed by atoms with van der Waals surface area (Å²) in [5, 5.41) is 14.8. The Bertz CT molecular complexity index is 779. The number of hydrogen-bond acceptors (Lipinski definition) is 5. The molecule has 24 heavy (non-hydrogen) atoms. The normalized spacial score (nSPS) is 11.9. The van der Waals surface area contributed by atoms with Gasteiger partial charge in [-0.1, -0.05) is 46.3 Å². The molecule has 0 aromatic heterocycles. The van der Waals surface area contributed by atoms with Crippen LogP contribution in [0.1, 0.15) is 12.5 Å². The molecule has 2 aromatic carbocycles. The summed E-state index contributed by atoms with van der Waals surface area (Å²) in [6.07, 6.45) is 0.544. The molecule has 1 amide bonds. The predicted molar refractivity (Wildman–Crippen MR) is 93.1 cm³/mol. The molecule has 124 valence electrons. The van der Waals surface area contributed by atoms with E-state index in [0.29, 0.717) is 0 Å². The topological polar surface area (TPSA) is 93.8 Å². The van der Waals surface area contributed by atoms with Crippen molar-refractivity contribution in [1.29, 1.82) is 0 Å². The zero-order valence-corrected chi connectivity index (χ0v) is 14.3. The number of ether oxygens (including phenoxy) is 1. The van der Waals surface area contributed by atoms with Gasteiger partial charge in [-0.15, -0.1) is 0 Å². The average Bonchev–Trinajstić information content (AvgIpc) is 2.56. The Balaban J connectivity index is 1.98. The number of hydrazone groups is 1. The van der Waals surface area contributed by atoms with Gasteiger partial charge in [0.25, 0.3) is 5.91 Å². The highest BCUT2D eigenvalue weighted by Crippen LogP contribution is 2.26. The standard InChI is InChI=1S/C16H14BrN3O4/c1-11(24-15-9-5-4-8-14(15)20(22)23)16(21)19-18-10-12-6-2-3-7-13(12)17/h2-11H,1H3,(H,19,21)/b18-10+. The van der Waals surface area contributed by atoms with Gasteiger partial charge in [0, 0.05) is 16.1 Å². The first kappa shape index (κ1) is 17.6. The lowest BCUT2D eigenvalue weighted by molar-refractivity contribution is -0.386. The Morgan fingerprint density at radius 2 is 1.96 bits per heavy atom. The van der Waals surface area contributed by atoms with Crippen LogP contribution in [-0.2, 0) is 4.79 Å². The number of hydrogen-bond donors (Lipinski definition) is 1. The van der Waals surface area contributed by atoms with Gasteiger partial charge in [-0.3, -0.25) is 14.9 Å². The quantitative estimate of drug-likeness (QED) is 0.464. The molecule has 0 bridgehead atoms. The number of para-hydroxylation sites is 2. The molecule has 0 saturated carbocycles. The van der Waals surface area contributed by atoms with Crippen molar-refractivity contribution in [3.05, 3.63) is 68.7 Å². The third-order valence-corrected chi connectivity index (χ3v) is 3.74. The van der Waals surface area contributed by atoms with E-state index in [1.54, 1.807) is 6.07 Å². The average molecular weight is 392 g/mol. The number of rotatable bonds is 6. The summed E-state index contributed by atoms with van der Waals surface area (Å²) in [6, 6.07) is 13.3. The molecule has 0 heterocycles. The summed E-state index contributed by atoms with van der Waals surface area (Å²) < 4.78 is 6.20. The molecule has 2 aromatic rings. The van der Waals surface area contributed by atoms with Crippen LogP contribution in [0.15, 0.2) is 58.1 Å². The summed E-state index contributed by atoms with van der Waals surface area (Å²) in [7, 11) is 0. The molecule has 2 rings (SSSR count). The van der Waals surface area contributed by atoms with Crippen molar-refractivity contribution in [2.75, 3.05) is 0 Å². The van der Waals surface area contributed by atoms with E-state index in [9.17, 15) is 14.9 Å². The maximum atomic E-state index is 12.0. The first-order valence-corrected chi connectivity index (χ1v) is 7.76. The lowest BCUT2D eigenvalue weighted by Gasteiger charge is -2.12. The lowest BCUT2D eigenvalue weighted by atomic mass is 10.2. The summed E-state index contributed by atoms with van der Waals surface area (Å²) in [6.45, 7) is 1.49. The van der Waals surface area contributed by atoms with E-state index < -0.39 is 16.9 Å². The molecule has 0 spiro atoms. The molecule has 0 aliphatic carbocycles. The molecule has 1 atom stereocenters. The van der Waals surface area contributed by atoms with Gasteiger partial charge < -0.3 is 4.74 Å². The first-order valence-electron chi connectivity index (χ1n) is 6.96. The Morgan fingerprint density at radius 3 is 2.67 bits per heavy atom. The minimum Gasteiger partial charge on any atom is -0.474 e. The summed E-state index contributed by atoms with van der Waals surface area (Å²) in [5.41, 5.74) is 2.94. The van der Waals surface area contributed by atoms with Crippen LogP contribution >= 0.6 is 15.9 Å². The molecule has 0 saturated heterocycles. The van der Waals surface area contributed by atoms with Crippen LogP contribution in [0.4, 0.5) is 5.69 Å². The van der Waals surface area contributed by atoms with Crippen molar-refractivity contribution in [3.63, 3.8) is 0 Å². The van der Waals surface area contributed by atoms with Crippen molar-refractivity contribution >= 4 is 33.7 Å². The summed E-state index contributed by atoms with van der Waals surface area (Å²) in [4.78, 5) is 22.3. The fraction of sp³-hybridized carbons (Fsp3) is 0.125. The van der Waals surface area contributed by atoms with Crippen molar-refractivity contribution in [2.24, 2.45) is 5.10 Å². The molecule has 0 radical (unpaired) electrons. The highest BCUT2D eigenvalue weighted by Gasteiger charge is 2.20. The van der Waals surface area contributed by atoms with Crippen LogP contribution in [0.25, 0.3) is 0 Å². The number of benzene rings is 2. The SMILES string of the molecule is CC(Oc1ccccc1[N+](=O)[O-])C(=O)N/N=C/c1ccccc1Br. The molecule has 0 fully saturated rings. The number of carbonyl (C=O) groups is 1. The number of nitrogens with zero attached hydrogens (tertiary/aromatic N) is 2. The van der Waals surface area contributed by atoms with E-state index in [4.69, 9.17) is 4.74 Å². The van der Waals surface area contributed by atoms with Crippen LogP contribution in [0.3, 0.4) is 0 Å². The third kappa shape index (κ3) is 4.63. The summed E-state index contributed by atoms with van der Waals surface area (Å²) in [5.74, 6) is -0.489. The molecule has 0 aliphatic rings. The van der Waals surface area contributed by atoms with Crippen LogP contribution < -0.4 is 10.2 Å². The number of nitro groups is 1. The fourth-order valence-corrected chi connectivity index (χ4v) is 2.17. The van der Waals surface area contributed by atoms with E-state index in [0.717, 1.165) is 10.0 Å². The van der Waals surface area contributed by atoms with Crippen LogP contribution in [0.2, 0.25) is 0 Å². The highest BCUT2D eigenvalue weighted by molar-refractivity contribution is 9.10. The zero-order valence-electron chi connectivity index (χ0n) is 12.7. The fourth-order valence-electron chi connectivity index (χ4n) is 1.79. The van der Waals surface area contributed by atoms with E-state index in [1.165, 1.54) is 31.3 Å². The lowest BCUT2D eigenvalue weighted by Crippen LogP contribution is -2.33. The summed E-state index contributed by atoms with van der Waals surface area (Å²) >= 11 is 3.37. The molecule has 0 aliphatic heterocycles.